The molecule has 1 nitrogen and oxygen atoms in total. The zero-order valence-electron chi connectivity index (χ0n) is 14.4. The summed E-state index contributed by atoms with van der Waals surface area (Å²) < 4.78 is 0.972. The van der Waals surface area contributed by atoms with Crippen LogP contribution in [0.15, 0.2) is 91.1 Å². The van der Waals surface area contributed by atoms with Gasteiger partial charge in [-0.15, -0.1) is 0 Å². The minimum atomic E-state index is -0.470. The summed E-state index contributed by atoms with van der Waals surface area (Å²) in [6, 6.07) is 29.8. The van der Waals surface area contributed by atoms with E-state index in [-0.39, 0.29) is 0 Å². The van der Waals surface area contributed by atoms with E-state index in [1.165, 1.54) is 16.7 Å². The minimum absolute atomic E-state index is 0.470. The highest BCUT2D eigenvalue weighted by Gasteiger charge is 2.48. The van der Waals surface area contributed by atoms with Crippen LogP contribution < -0.4 is 0 Å². The maximum Gasteiger partial charge on any atom is 0.0886 e. The van der Waals surface area contributed by atoms with Gasteiger partial charge in [-0.2, -0.15) is 0 Å². The molecule has 0 fully saturated rings. The number of hydrogen-bond donors (Lipinski definition) is 0. The fourth-order valence-corrected chi connectivity index (χ4v) is 4.93. The van der Waals surface area contributed by atoms with E-state index in [9.17, 15) is 0 Å². The molecule has 5 rings (SSSR count). The fraction of sp³-hybridized carbons (Fsp3) is 0.0417. The van der Waals surface area contributed by atoms with E-state index in [0.29, 0.717) is 0 Å². The Morgan fingerprint density at radius 2 is 1.30 bits per heavy atom. The van der Waals surface area contributed by atoms with Crippen molar-refractivity contribution < 1.29 is 0 Å². The molecule has 1 heterocycles. The van der Waals surface area contributed by atoms with Crippen LogP contribution in [0.3, 0.4) is 0 Å². The summed E-state index contributed by atoms with van der Waals surface area (Å²) in [5.74, 6) is 0. The first kappa shape index (κ1) is 17.0. The fourth-order valence-electron chi connectivity index (χ4n) is 4.28. The summed E-state index contributed by atoms with van der Waals surface area (Å²) in [6.45, 7) is 0. The number of rotatable bonds is 2. The average molecular weight is 480 g/mol. The topological polar surface area (TPSA) is 12.9 Å². The molecule has 0 unspecified atom stereocenters. The molecule has 3 aromatic carbocycles. The highest BCUT2D eigenvalue weighted by molar-refractivity contribution is 14.1. The van der Waals surface area contributed by atoms with Crippen LogP contribution in [0.5, 0.6) is 0 Å². The van der Waals surface area contributed by atoms with Gasteiger partial charge in [0.2, 0.25) is 0 Å². The lowest BCUT2D eigenvalue weighted by Gasteiger charge is -2.32. The first-order chi connectivity index (χ1) is 13.2. The van der Waals surface area contributed by atoms with E-state index in [1.54, 1.807) is 0 Å². The summed E-state index contributed by atoms with van der Waals surface area (Å²) in [5, 5.41) is 0.779. The maximum absolute atomic E-state index is 6.82. The van der Waals surface area contributed by atoms with Gasteiger partial charge in [-0.1, -0.05) is 96.5 Å². The monoisotopic (exact) mass is 479 g/mol. The van der Waals surface area contributed by atoms with E-state index >= 15 is 0 Å². The minimum Gasteiger partial charge on any atom is -0.258 e. The van der Waals surface area contributed by atoms with Crippen molar-refractivity contribution in [1.29, 1.82) is 0 Å². The third-order valence-corrected chi connectivity index (χ3v) is 6.87. The predicted octanol–water partition coefficient (Wildman–Crippen LogP) is 6.70. The van der Waals surface area contributed by atoms with Gasteiger partial charge in [0.1, 0.15) is 0 Å². The molecule has 0 N–H and O–H groups in total. The molecule has 27 heavy (non-hydrogen) atoms. The van der Waals surface area contributed by atoms with Crippen molar-refractivity contribution >= 4 is 34.2 Å². The summed E-state index contributed by atoms with van der Waals surface area (Å²) in [4.78, 5) is 4.95. The number of nitrogens with zero attached hydrogens (tertiary/aromatic N) is 1. The zero-order valence-corrected chi connectivity index (χ0v) is 17.3. The second kappa shape index (κ2) is 6.47. The van der Waals surface area contributed by atoms with Crippen LogP contribution in [-0.4, -0.2) is 4.98 Å². The number of pyridine rings is 1. The number of halogens is 2. The van der Waals surface area contributed by atoms with Crippen LogP contribution in [-0.2, 0) is 5.41 Å². The quantitative estimate of drug-likeness (QED) is 0.257. The van der Waals surface area contributed by atoms with E-state index in [1.807, 2.05) is 6.20 Å². The van der Waals surface area contributed by atoms with Crippen molar-refractivity contribution in [3.8, 4) is 11.1 Å². The molecule has 0 amide bonds. The average Bonchev–Trinajstić information content (AvgIpc) is 3.04. The second-order valence-corrected chi connectivity index (χ2v) is 8.21. The molecule has 0 aliphatic heterocycles. The maximum atomic E-state index is 6.82. The molecule has 0 spiro atoms. The number of benzene rings is 3. The van der Waals surface area contributed by atoms with Gasteiger partial charge < -0.3 is 0 Å². The van der Waals surface area contributed by atoms with Gasteiger partial charge >= 0.3 is 0 Å². The Kier molecular flexibility index (Phi) is 4.06. The molecule has 1 aromatic heterocycles. The van der Waals surface area contributed by atoms with E-state index in [0.717, 1.165) is 25.4 Å². The normalized spacial score (nSPS) is 13.9. The molecule has 0 atom stereocenters. The standard InChI is InChI=1S/C24H15ClIN/c25-22-20(26)15-27-23-21(22)18-13-7-8-14-19(18)24(23,16-9-3-1-4-10-16)17-11-5-2-6-12-17/h1-15H. The third-order valence-electron chi connectivity index (χ3n) is 5.34. The molecule has 130 valence electrons. The van der Waals surface area contributed by atoms with Gasteiger partial charge in [-0.3, -0.25) is 4.98 Å². The molecular weight excluding hydrogens is 465 g/mol. The van der Waals surface area contributed by atoms with Crippen LogP contribution in [0, 0.1) is 3.57 Å². The Balaban J connectivity index is 2.01. The molecule has 3 heteroatoms. The Labute approximate surface area is 177 Å². The van der Waals surface area contributed by atoms with Gasteiger partial charge in [0.05, 0.1) is 19.7 Å². The zero-order chi connectivity index (χ0) is 18.4. The number of hydrogen-bond acceptors (Lipinski definition) is 1. The van der Waals surface area contributed by atoms with Crippen molar-refractivity contribution in [3.63, 3.8) is 0 Å². The number of aromatic nitrogens is 1. The molecule has 0 saturated heterocycles. The highest BCUT2D eigenvalue weighted by Crippen LogP contribution is 2.57. The van der Waals surface area contributed by atoms with Crippen molar-refractivity contribution in [2.45, 2.75) is 5.41 Å². The van der Waals surface area contributed by atoms with Gasteiger partial charge in [0.15, 0.2) is 0 Å². The molecule has 0 saturated carbocycles. The van der Waals surface area contributed by atoms with Crippen molar-refractivity contribution in [2.24, 2.45) is 0 Å². The van der Waals surface area contributed by atoms with E-state index in [4.69, 9.17) is 16.6 Å². The largest absolute Gasteiger partial charge is 0.258 e. The Hall–Kier alpha value is -2.17. The van der Waals surface area contributed by atoms with Crippen molar-refractivity contribution in [2.75, 3.05) is 0 Å². The van der Waals surface area contributed by atoms with Gasteiger partial charge in [-0.05, 0) is 44.8 Å². The SMILES string of the molecule is Clc1c(I)cnc2c1-c1ccccc1C2(c1ccccc1)c1ccccc1. The summed E-state index contributed by atoms with van der Waals surface area (Å²) in [5.41, 5.74) is 6.38. The van der Waals surface area contributed by atoms with Crippen LogP contribution >= 0.6 is 34.2 Å². The van der Waals surface area contributed by atoms with Crippen LogP contribution in [0.25, 0.3) is 11.1 Å². The van der Waals surface area contributed by atoms with Crippen molar-refractivity contribution in [1.82, 2.24) is 4.98 Å². The first-order valence-electron chi connectivity index (χ1n) is 8.80. The molecule has 4 aromatic rings. The predicted molar refractivity (Wildman–Crippen MR) is 119 cm³/mol. The molecule has 1 aliphatic rings. The summed E-state index contributed by atoms with van der Waals surface area (Å²) in [7, 11) is 0. The van der Waals surface area contributed by atoms with E-state index in [2.05, 4.69) is 108 Å². The second-order valence-electron chi connectivity index (χ2n) is 6.67. The molecular formula is C24H15ClIN. The highest BCUT2D eigenvalue weighted by atomic mass is 127. The summed E-state index contributed by atoms with van der Waals surface area (Å²) in [6.07, 6.45) is 1.88. The van der Waals surface area contributed by atoms with E-state index < -0.39 is 5.41 Å². The van der Waals surface area contributed by atoms with Crippen molar-refractivity contribution in [3.05, 3.63) is 122 Å². The number of fused-ring (bicyclic) bond motifs is 3. The Morgan fingerprint density at radius 3 is 1.93 bits per heavy atom. The summed E-state index contributed by atoms with van der Waals surface area (Å²) >= 11 is 9.08. The van der Waals surface area contributed by atoms with Gasteiger partial charge in [-0.25, -0.2) is 0 Å². The Morgan fingerprint density at radius 1 is 0.741 bits per heavy atom. The lowest BCUT2D eigenvalue weighted by molar-refractivity contribution is 0.737. The molecule has 1 aliphatic carbocycles. The van der Waals surface area contributed by atoms with Gasteiger partial charge in [0.25, 0.3) is 0 Å². The lowest BCUT2D eigenvalue weighted by Crippen LogP contribution is -2.29. The van der Waals surface area contributed by atoms with Crippen LogP contribution in [0.2, 0.25) is 5.02 Å². The Bertz CT molecular complexity index is 1100. The lowest BCUT2D eigenvalue weighted by atomic mass is 9.69. The van der Waals surface area contributed by atoms with Gasteiger partial charge in [0, 0.05) is 11.8 Å². The van der Waals surface area contributed by atoms with Crippen LogP contribution in [0.4, 0.5) is 0 Å². The molecule has 0 radical (unpaired) electrons. The smallest absolute Gasteiger partial charge is 0.0886 e. The first-order valence-corrected chi connectivity index (χ1v) is 10.3. The third kappa shape index (κ3) is 2.33. The molecule has 0 bridgehead atoms. The van der Waals surface area contributed by atoms with Crippen LogP contribution in [0.1, 0.15) is 22.4 Å².